The largest absolute Gasteiger partial charge is 0.496 e. The summed E-state index contributed by atoms with van der Waals surface area (Å²) >= 11 is 0. The number of aryl methyl sites for hydroxylation is 1. The number of nitrogens with one attached hydrogen (secondary N) is 1. The van der Waals surface area contributed by atoms with Crippen LogP contribution in [-0.4, -0.2) is 26.5 Å². The number of hydrogen-bond donors (Lipinski definition) is 1. The summed E-state index contributed by atoms with van der Waals surface area (Å²) in [4.78, 5) is 12.1. The van der Waals surface area contributed by atoms with Gasteiger partial charge in [-0.05, 0) is 33.4 Å². The van der Waals surface area contributed by atoms with Crippen molar-refractivity contribution in [2.75, 3.05) is 20.7 Å². The molecule has 100 valence electrons. The molecule has 1 aromatic rings. The number of rotatable bonds is 5. The third kappa shape index (κ3) is 2.88. The Morgan fingerprint density at radius 3 is 2.50 bits per heavy atom. The molecule has 18 heavy (non-hydrogen) atoms. The van der Waals surface area contributed by atoms with E-state index in [0.29, 0.717) is 16.9 Å². The summed E-state index contributed by atoms with van der Waals surface area (Å²) in [7, 11) is 3.16. The van der Waals surface area contributed by atoms with Gasteiger partial charge in [0.1, 0.15) is 11.4 Å². The fourth-order valence-corrected chi connectivity index (χ4v) is 1.96. The maximum atomic E-state index is 14.1. The van der Waals surface area contributed by atoms with Crippen molar-refractivity contribution in [3.63, 3.8) is 0 Å². The van der Waals surface area contributed by atoms with Gasteiger partial charge in [-0.25, -0.2) is 4.39 Å². The average molecular weight is 253 g/mol. The van der Waals surface area contributed by atoms with Gasteiger partial charge in [-0.1, -0.05) is 12.1 Å². The Bertz CT molecular complexity index is 450. The number of benzene rings is 1. The normalized spacial score (nSPS) is 11.4. The van der Waals surface area contributed by atoms with Gasteiger partial charge in [0.05, 0.1) is 19.2 Å². The number of ketones is 1. The molecular weight excluding hydrogens is 233 g/mol. The van der Waals surface area contributed by atoms with E-state index in [0.717, 1.165) is 5.56 Å². The maximum Gasteiger partial charge on any atom is 0.180 e. The smallest absolute Gasteiger partial charge is 0.180 e. The highest BCUT2D eigenvalue weighted by Crippen LogP contribution is 2.36. The van der Waals surface area contributed by atoms with Crippen molar-refractivity contribution < 1.29 is 13.9 Å². The quantitative estimate of drug-likeness (QED) is 0.820. The van der Waals surface area contributed by atoms with Gasteiger partial charge in [0.2, 0.25) is 0 Å². The lowest BCUT2D eigenvalue weighted by Crippen LogP contribution is -2.22. The Hall–Kier alpha value is -1.42. The number of halogens is 1. The number of carbonyl (C=O) groups excluding carboxylic acids is 1. The van der Waals surface area contributed by atoms with Crippen LogP contribution in [-0.2, 0) is 5.67 Å². The highest BCUT2D eigenvalue weighted by molar-refractivity contribution is 6.01. The van der Waals surface area contributed by atoms with E-state index in [1.807, 2.05) is 6.92 Å². The van der Waals surface area contributed by atoms with Crippen LogP contribution >= 0.6 is 0 Å². The topological polar surface area (TPSA) is 38.3 Å². The molecule has 0 aliphatic rings. The van der Waals surface area contributed by atoms with Gasteiger partial charge in [0.25, 0.3) is 0 Å². The van der Waals surface area contributed by atoms with Crippen molar-refractivity contribution in [3.05, 3.63) is 28.8 Å². The first-order valence-electron chi connectivity index (χ1n) is 5.87. The lowest BCUT2D eigenvalue weighted by atomic mass is 9.92. The fraction of sp³-hybridized carbons (Fsp3) is 0.500. The second kappa shape index (κ2) is 5.48. The molecule has 0 bridgehead atoms. The highest BCUT2D eigenvalue weighted by Gasteiger charge is 2.27. The molecule has 0 radical (unpaired) electrons. The summed E-state index contributed by atoms with van der Waals surface area (Å²) in [5, 5.41) is 2.80. The molecule has 1 N–H and O–H groups in total. The number of Topliss-reactive ketones (excluding diaryl/α,β-unsaturated/α-hetero) is 1. The fourth-order valence-electron chi connectivity index (χ4n) is 1.96. The van der Waals surface area contributed by atoms with Crippen molar-refractivity contribution in [1.29, 1.82) is 0 Å². The van der Waals surface area contributed by atoms with Gasteiger partial charge in [0, 0.05) is 5.56 Å². The first-order chi connectivity index (χ1) is 8.32. The predicted molar refractivity (Wildman–Crippen MR) is 70.1 cm³/mol. The van der Waals surface area contributed by atoms with E-state index in [4.69, 9.17) is 4.74 Å². The molecule has 0 unspecified atom stereocenters. The van der Waals surface area contributed by atoms with E-state index in [-0.39, 0.29) is 12.3 Å². The summed E-state index contributed by atoms with van der Waals surface area (Å²) < 4.78 is 19.4. The Morgan fingerprint density at radius 1 is 1.44 bits per heavy atom. The van der Waals surface area contributed by atoms with Crippen LogP contribution in [0.15, 0.2) is 12.1 Å². The molecule has 0 fully saturated rings. The van der Waals surface area contributed by atoms with E-state index in [1.165, 1.54) is 21.0 Å². The molecule has 0 aromatic heterocycles. The number of likely N-dealkylation sites (N-methyl/N-ethyl adjacent to an activating group) is 1. The third-order valence-corrected chi connectivity index (χ3v) is 2.83. The van der Waals surface area contributed by atoms with Gasteiger partial charge >= 0.3 is 0 Å². The molecule has 0 aliphatic heterocycles. The SMILES string of the molecule is CNCC(=O)c1c(C)ccc(C(C)(C)F)c1OC. The van der Waals surface area contributed by atoms with Gasteiger partial charge in [0.15, 0.2) is 5.78 Å². The molecule has 0 spiro atoms. The van der Waals surface area contributed by atoms with Crippen LogP contribution < -0.4 is 10.1 Å². The Kier molecular flexibility index (Phi) is 4.46. The lowest BCUT2D eigenvalue weighted by molar-refractivity contribution is 0.0989. The van der Waals surface area contributed by atoms with Crippen LogP contribution in [0.2, 0.25) is 0 Å². The average Bonchev–Trinajstić information content (AvgIpc) is 2.26. The van der Waals surface area contributed by atoms with E-state index in [9.17, 15) is 9.18 Å². The molecule has 1 rings (SSSR count). The molecule has 0 aliphatic carbocycles. The van der Waals surface area contributed by atoms with Crippen molar-refractivity contribution >= 4 is 5.78 Å². The first kappa shape index (κ1) is 14.6. The van der Waals surface area contributed by atoms with Crippen molar-refractivity contribution in [2.24, 2.45) is 0 Å². The molecule has 4 heteroatoms. The van der Waals surface area contributed by atoms with E-state index < -0.39 is 5.67 Å². The van der Waals surface area contributed by atoms with Crippen LogP contribution in [0.25, 0.3) is 0 Å². The number of carbonyl (C=O) groups is 1. The Labute approximate surface area is 107 Å². The molecule has 0 saturated heterocycles. The molecule has 0 amide bonds. The zero-order valence-corrected chi connectivity index (χ0v) is 11.6. The second-order valence-corrected chi connectivity index (χ2v) is 4.76. The first-order valence-corrected chi connectivity index (χ1v) is 5.87. The van der Waals surface area contributed by atoms with Crippen LogP contribution in [0, 0.1) is 6.92 Å². The number of ether oxygens (including phenoxy) is 1. The zero-order valence-electron chi connectivity index (χ0n) is 11.6. The van der Waals surface area contributed by atoms with Crippen LogP contribution in [0.5, 0.6) is 5.75 Å². The van der Waals surface area contributed by atoms with Gasteiger partial charge < -0.3 is 10.1 Å². The van der Waals surface area contributed by atoms with Gasteiger partial charge in [-0.2, -0.15) is 0 Å². The molecule has 0 atom stereocenters. The van der Waals surface area contributed by atoms with E-state index in [2.05, 4.69) is 5.32 Å². The lowest BCUT2D eigenvalue weighted by Gasteiger charge is -2.21. The zero-order chi connectivity index (χ0) is 13.9. The maximum absolute atomic E-state index is 14.1. The molecule has 1 aromatic carbocycles. The second-order valence-electron chi connectivity index (χ2n) is 4.76. The molecule has 3 nitrogen and oxygen atoms in total. The van der Waals surface area contributed by atoms with Crippen LogP contribution in [0.4, 0.5) is 4.39 Å². The molecule has 0 saturated carbocycles. The molecular formula is C14H20FNO2. The summed E-state index contributed by atoms with van der Waals surface area (Å²) in [5.74, 6) is 0.237. The predicted octanol–water partition coefficient (Wildman–Crippen LogP) is 2.61. The van der Waals surface area contributed by atoms with Crippen molar-refractivity contribution in [3.8, 4) is 5.75 Å². The van der Waals surface area contributed by atoms with E-state index >= 15 is 0 Å². The standard InChI is InChI=1S/C14H20FNO2/c1-9-6-7-10(14(2,3)15)13(18-5)12(9)11(17)8-16-4/h6-7,16H,8H2,1-5H3. The van der Waals surface area contributed by atoms with Crippen molar-refractivity contribution in [1.82, 2.24) is 5.32 Å². The highest BCUT2D eigenvalue weighted by atomic mass is 19.1. The van der Waals surface area contributed by atoms with Crippen molar-refractivity contribution in [2.45, 2.75) is 26.4 Å². The van der Waals surface area contributed by atoms with Crippen LogP contribution in [0.1, 0.15) is 35.3 Å². The minimum absolute atomic E-state index is 0.0991. The monoisotopic (exact) mass is 253 g/mol. The Balaban J connectivity index is 3.44. The van der Waals surface area contributed by atoms with Crippen LogP contribution in [0.3, 0.4) is 0 Å². The number of methoxy groups -OCH3 is 1. The summed E-state index contributed by atoms with van der Waals surface area (Å²) in [6.45, 7) is 4.92. The summed E-state index contributed by atoms with van der Waals surface area (Å²) in [6, 6.07) is 3.42. The third-order valence-electron chi connectivity index (χ3n) is 2.83. The minimum atomic E-state index is -1.55. The minimum Gasteiger partial charge on any atom is -0.496 e. The molecule has 0 heterocycles. The summed E-state index contributed by atoms with van der Waals surface area (Å²) in [6.07, 6.45) is 0. The van der Waals surface area contributed by atoms with Gasteiger partial charge in [-0.15, -0.1) is 0 Å². The summed E-state index contributed by atoms with van der Waals surface area (Å²) in [5.41, 5.74) is 0.0958. The number of alkyl halides is 1. The van der Waals surface area contributed by atoms with Gasteiger partial charge in [-0.3, -0.25) is 4.79 Å². The Morgan fingerprint density at radius 2 is 2.06 bits per heavy atom. The number of hydrogen-bond acceptors (Lipinski definition) is 3. The van der Waals surface area contributed by atoms with E-state index in [1.54, 1.807) is 19.2 Å².